The second-order valence-electron chi connectivity index (χ2n) is 7.23. The molecule has 4 heteroatoms. The Morgan fingerprint density at radius 3 is 2.64 bits per heavy atom. The summed E-state index contributed by atoms with van der Waals surface area (Å²) in [6.45, 7) is 3.92. The lowest BCUT2D eigenvalue weighted by molar-refractivity contribution is 0.0992. The van der Waals surface area contributed by atoms with Gasteiger partial charge in [0.15, 0.2) is 0 Å². The summed E-state index contributed by atoms with van der Waals surface area (Å²) in [6, 6.07) is 20.5. The summed E-state index contributed by atoms with van der Waals surface area (Å²) in [7, 11) is 1.81. The van der Waals surface area contributed by atoms with Crippen LogP contribution in [-0.4, -0.2) is 24.5 Å². The minimum Gasteiger partial charge on any atom is -0.352 e. The summed E-state index contributed by atoms with van der Waals surface area (Å²) < 4.78 is 0. The van der Waals surface area contributed by atoms with Gasteiger partial charge in [-0.25, -0.2) is 4.98 Å². The molecule has 0 saturated heterocycles. The number of benzene rings is 2. The van der Waals surface area contributed by atoms with Gasteiger partial charge in [0.25, 0.3) is 5.91 Å². The molecule has 2 heterocycles. The van der Waals surface area contributed by atoms with Gasteiger partial charge in [0.2, 0.25) is 0 Å². The van der Waals surface area contributed by atoms with Crippen LogP contribution in [0.3, 0.4) is 0 Å². The number of aryl methyl sites for hydroxylation is 1. The Hall–Kier alpha value is -3.14. The first-order valence-corrected chi connectivity index (χ1v) is 9.80. The third-order valence-electron chi connectivity index (χ3n) is 5.46. The van der Waals surface area contributed by atoms with Gasteiger partial charge in [-0.15, -0.1) is 0 Å². The fourth-order valence-corrected chi connectivity index (χ4v) is 3.69. The summed E-state index contributed by atoms with van der Waals surface area (Å²) in [6.07, 6.45) is 3.67. The first kappa shape index (κ1) is 18.2. The highest BCUT2D eigenvalue weighted by Crippen LogP contribution is 2.24. The molecule has 1 aliphatic rings. The van der Waals surface area contributed by atoms with Gasteiger partial charge in [0, 0.05) is 32.0 Å². The molecule has 0 N–H and O–H groups in total. The van der Waals surface area contributed by atoms with Gasteiger partial charge in [-0.3, -0.25) is 4.79 Å². The number of fused-ring (bicyclic) bond motifs is 1. The number of nitrogens with zero attached hydrogens (tertiary/aromatic N) is 3. The fraction of sp³-hybridized carbons (Fsp3) is 0.250. The SMILES string of the molecule is CCc1cccc(N(C)C(=O)c2ccc(N3CCc4ccccc4C3)nc2)c1. The van der Waals surface area contributed by atoms with Crippen LogP contribution in [0.5, 0.6) is 0 Å². The van der Waals surface area contributed by atoms with Crippen LogP contribution in [-0.2, 0) is 19.4 Å². The average molecular weight is 371 g/mol. The van der Waals surface area contributed by atoms with Crippen LogP contribution in [0.15, 0.2) is 66.9 Å². The predicted octanol–water partition coefficient (Wildman–Crippen LogP) is 4.48. The van der Waals surface area contributed by atoms with Crippen LogP contribution in [0.1, 0.15) is 34.0 Å². The third kappa shape index (κ3) is 3.63. The summed E-state index contributed by atoms with van der Waals surface area (Å²) in [5.41, 5.74) is 5.50. The van der Waals surface area contributed by atoms with E-state index in [0.717, 1.165) is 37.4 Å². The minimum atomic E-state index is -0.0451. The van der Waals surface area contributed by atoms with Crippen molar-refractivity contribution in [3.8, 4) is 0 Å². The van der Waals surface area contributed by atoms with Crippen LogP contribution in [0, 0.1) is 0 Å². The smallest absolute Gasteiger partial charge is 0.259 e. The Labute approximate surface area is 166 Å². The summed E-state index contributed by atoms with van der Waals surface area (Å²) in [4.78, 5) is 21.4. The molecule has 4 rings (SSSR count). The van der Waals surface area contributed by atoms with Crippen LogP contribution in [0.4, 0.5) is 11.5 Å². The molecule has 0 saturated carbocycles. The lowest BCUT2D eigenvalue weighted by Gasteiger charge is -2.29. The van der Waals surface area contributed by atoms with Crippen molar-refractivity contribution >= 4 is 17.4 Å². The van der Waals surface area contributed by atoms with Crippen molar-refractivity contribution in [1.82, 2.24) is 4.98 Å². The van der Waals surface area contributed by atoms with Gasteiger partial charge < -0.3 is 9.80 Å². The van der Waals surface area contributed by atoms with Gasteiger partial charge >= 0.3 is 0 Å². The zero-order valence-electron chi connectivity index (χ0n) is 16.4. The molecule has 4 nitrogen and oxygen atoms in total. The van der Waals surface area contributed by atoms with Crippen molar-refractivity contribution in [3.05, 3.63) is 89.1 Å². The maximum absolute atomic E-state index is 12.9. The highest BCUT2D eigenvalue weighted by Gasteiger charge is 2.18. The number of hydrogen-bond donors (Lipinski definition) is 0. The predicted molar refractivity (Wildman–Crippen MR) is 114 cm³/mol. The van der Waals surface area contributed by atoms with E-state index in [-0.39, 0.29) is 5.91 Å². The largest absolute Gasteiger partial charge is 0.352 e. The molecule has 0 unspecified atom stereocenters. The minimum absolute atomic E-state index is 0.0451. The fourth-order valence-electron chi connectivity index (χ4n) is 3.69. The average Bonchev–Trinajstić information content (AvgIpc) is 2.78. The molecule has 2 aromatic carbocycles. The Kier molecular flexibility index (Phi) is 5.11. The second-order valence-corrected chi connectivity index (χ2v) is 7.23. The van der Waals surface area contributed by atoms with Crippen LogP contribution < -0.4 is 9.80 Å². The Morgan fingerprint density at radius 2 is 1.89 bits per heavy atom. The van der Waals surface area contributed by atoms with E-state index in [1.54, 1.807) is 11.1 Å². The van der Waals surface area contributed by atoms with Crippen molar-refractivity contribution in [2.24, 2.45) is 0 Å². The van der Waals surface area contributed by atoms with Crippen LogP contribution in [0.25, 0.3) is 0 Å². The molecule has 1 aliphatic heterocycles. The third-order valence-corrected chi connectivity index (χ3v) is 5.46. The van der Waals surface area contributed by atoms with Crippen molar-refractivity contribution < 1.29 is 4.79 Å². The molecule has 28 heavy (non-hydrogen) atoms. The first-order chi connectivity index (χ1) is 13.7. The molecule has 1 amide bonds. The maximum atomic E-state index is 12.9. The van der Waals surface area contributed by atoms with Crippen molar-refractivity contribution in [2.45, 2.75) is 26.3 Å². The van der Waals surface area contributed by atoms with Crippen LogP contribution >= 0.6 is 0 Å². The van der Waals surface area contributed by atoms with Gasteiger partial charge in [-0.1, -0.05) is 43.3 Å². The van der Waals surface area contributed by atoms with E-state index in [1.165, 1.54) is 16.7 Å². The second kappa shape index (κ2) is 7.85. The van der Waals surface area contributed by atoms with E-state index < -0.39 is 0 Å². The molecule has 0 spiro atoms. The Bertz CT molecular complexity index is 981. The standard InChI is InChI=1S/C24H25N3O/c1-3-18-7-6-10-22(15-18)26(2)24(28)20-11-12-23(25-16-20)27-14-13-19-8-4-5-9-21(19)17-27/h4-12,15-16H,3,13-14,17H2,1-2H3. The molecule has 0 radical (unpaired) electrons. The van der Waals surface area contributed by atoms with Crippen LogP contribution in [0.2, 0.25) is 0 Å². The lowest BCUT2D eigenvalue weighted by atomic mass is 10.00. The normalized spacial score (nSPS) is 13.1. The number of aromatic nitrogens is 1. The summed E-state index contributed by atoms with van der Waals surface area (Å²) in [5.74, 6) is 0.873. The Balaban J connectivity index is 1.49. The van der Waals surface area contributed by atoms with Gasteiger partial charge in [-0.2, -0.15) is 0 Å². The lowest BCUT2D eigenvalue weighted by Crippen LogP contribution is -2.31. The van der Waals surface area contributed by atoms with E-state index in [1.807, 2.05) is 31.3 Å². The molecule has 1 aromatic heterocycles. The number of pyridine rings is 1. The van der Waals surface area contributed by atoms with E-state index in [9.17, 15) is 4.79 Å². The highest BCUT2D eigenvalue weighted by molar-refractivity contribution is 6.05. The molecule has 3 aromatic rings. The number of anilines is 2. The van der Waals surface area contributed by atoms with Gasteiger partial charge in [0.1, 0.15) is 5.82 Å². The number of carbonyl (C=O) groups is 1. The van der Waals surface area contributed by atoms with E-state index in [0.29, 0.717) is 5.56 Å². The number of amides is 1. The topological polar surface area (TPSA) is 36.4 Å². The van der Waals surface area contributed by atoms with Crippen molar-refractivity contribution in [3.63, 3.8) is 0 Å². The molecule has 0 aliphatic carbocycles. The van der Waals surface area contributed by atoms with E-state index >= 15 is 0 Å². The highest BCUT2D eigenvalue weighted by atomic mass is 16.2. The van der Waals surface area contributed by atoms with Crippen molar-refractivity contribution in [1.29, 1.82) is 0 Å². The quantitative estimate of drug-likeness (QED) is 0.678. The molecule has 0 atom stereocenters. The number of carbonyl (C=O) groups excluding carboxylic acids is 1. The van der Waals surface area contributed by atoms with Gasteiger partial charge in [-0.05, 0) is 53.8 Å². The number of rotatable bonds is 4. The molecule has 0 bridgehead atoms. The van der Waals surface area contributed by atoms with Gasteiger partial charge in [0.05, 0.1) is 5.56 Å². The molecule has 142 valence electrons. The molecule has 0 fully saturated rings. The monoisotopic (exact) mass is 371 g/mol. The number of hydrogen-bond acceptors (Lipinski definition) is 3. The first-order valence-electron chi connectivity index (χ1n) is 9.80. The molecular formula is C24H25N3O. The zero-order chi connectivity index (χ0) is 19.5. The summed E-state index contributed by atoms with van der Waals surface area (Å²) in [5, 5.41) is 0. The van der Waals surface area contributed by atoms with E-state index in [2.05, 4.69) is 53.2 Å². The van der Waals surface area contributed by atoms with Crippen molar-refractivity contribution in [2.75, 3.05) is 23.4 Å². The maximum Gasteiger partial charge on any atom is 0.259 e. The molecular weight excluding hydrogens is 346 g/mol. The zero-order valence-corrected chi connectivity index (χ0v) is 16.4. The summed E-state index contributed by atoms with van der Waals surface area (Å²) >= 11 is 0. The van der Waals surface area contributed by atoms with E-state index in [4.69, 9.17) is 0 Å². The Morgan fingerprint density at radius 1 is 1.07 bits per heavy atom.